The molecule has 3 aromatic rings. The second-order valence-corrected chi connectivity index (χ2v) is 6.18. The highest BCUT2D eigenvalue weighted by Gasteiger charge is 2.03. The van der Waals surface area contributed by atoms with Crippen LogP contribution in [0, 0.1) is 0 Å². The second kappa shape index (κ2) is 9.06. The van der Waals surface area contributed by atoms with Crippen LogP contribution in [0.3, 0.4) is 0 Å². The van der Waals surface area contributed by atoms with E-state index in [1.807, 2.05) is 54.6 Å². The van der Waals surface area contributed by atoms with Gasteiger partial charge in [-0.2, -0.15) is 0 Å². The van der Waals surface area contributed by atoms with E-state index in [1.165, 1.54) is 0 Å². The number of hydrogen-bond acceptors (Lipinski definition) is 3. The number of carbonyl (C=O) groups is 1. The zero-order valence-electron chi connectivity index (χ0n) is 14.2. The molecule has 1 heterocycles. The Bertz CT molecular complexity index is 863. The van der Waals surface area contributed by atoms with Gasteiger partial charge in [0.25, 0.3) is 0 Å². The molecule has 2 amide bonds. The monoisotopic (exact) mass is 369 g/mol. The predicted molar refractivity (Wildman–Crippen MR) is 104 cm³/mol. The number of para-hydroxylation sites is 1. The first-order valence-corrected chi connectivity index (χ1v) is 8.83. The maximum atomic E-state index is 11.8. The Labute approximate surface area is 157 Å². The van der Waals surface area contributed by atoms with E-state index < -0.39 is 0 Å². The number of halogens is 1. The van der Waals surface area contributed by atoms with E-state index >= 15 is 0 Å². The molecular weight excluding hydrogens is 350 g/mol. The molecule has 0 aliphatic carbocycles. The lowest BCUT2D eigenvalue weighted by molar-refractivity contribution is 0.237. The van der Waals surface area contributed by atoms with Crippen molar-refractivity contribution in [3.63, 3.8) is 0 Å². The number of benzene rings is 2. The van der Waals surface area contributed by atoms with Crippen molar-refractivity contribution in [2.75, 3.05) is 19.7 Å². The quantitative estimate of drug-likeness (QED) is 0.622. The van der Waals surface area contributed by atoms with Crippen LogP contribution in [0.15, 0.2) is 60.8 Å². The van der Waals surface area contributed by atoms with Crippen LogP contribution in [0.4, 0.5) is 4.79 Å². The van der Waals surface area contributed by atoms with Crippen LogP contribution >= 0.6 is 11.6 Å². The van der Waals surface area contributed by atoms with Crippen LogP contribution in [0.5, 0.6) is 5.75 Å². The first-order chi connectivity index (χ1) is 12.7. The number of carbonyl (C=O) groups excluding carboxylic acids is 1. The lowest BCUT2D eigenvalue weighted by atomic mass is 10.1. The van der Waals surface area contributed by atoms with Gasteiger partial charge in [0.15, 0.2) is 0 Å². The summed E-state index contributed by atoms with van der Waals surface area (Å²) in [6, 6.07) is 17.1. The van der Waals surface area contributed by atoms with Crippen molar-refractivity contribution in [1.82, 2.24) is 15.6 Å². The molecule has 0 bridgehead atoms. The summed E-state index contributed by atoms with van der Waals surface area (Å²) in [5.41, 5.74) is 1.95. The molecule has 0 saturated heterocycles. The van der Waals surface area contributed by atoms with Crippen molar-refractivity contribution in [2.45, 2.75) is 6.42 Å². The molecule has 26 heavy (non-hydrogen) atoms. The van der Waals surface area contributed by atoms with Gasteiger partial charge in [-0.05, 0) is 36.2 Å². The number of amides is 2. The van der Waals surface area contributed by atoms with Gasteiger partial charge in [0.05, 0.1) is 6.54 Å². The summed E-state index contributed by atoms with van der Waals surface area (Å²) >= 11 is 5.85. The molecule has 2 aromatic carbocycles. The maximum absolute atomic E-state index is 11.8. The minimum absolute atomic E-state index is 0.210. The highest BCUT2D eigenvalue weighted by molar-refractivity contribution is 6.30. The van der Waals surface area contributed by atoms with Gasteiger partial charge in [0.1, 0.15) is 17.9 Å². The molecule has 0 fully saturated rings. The molecule has 5 nitrogen and oxygen atoms in total. The molecule has 3 rings (SSSR count). The fraction of sp³-hybridized carbons (Fsp3) is 0.200. The third kappa shape index (κ3) is 5.10. The topological polar surface area (TPSA) is 63.2 Å². The largest absolute Gasteiger partial charge is 0.489 e. The summed E-state index contributed by atoms with van der Waals surface area (Å²) in [7, 11) is 0. The molecule has 134 valence electrons. The third-order valence-electron chi connectivity index (χ3n) is 3.85. The molecule has 6 heteroatoms. The zero-order chi connectivity index (χ0) is 18.2. The maximum Gasteiger partial charge on any atom is 0.314 e. The van der Waals surface area contributed by atoms with Crippen molar-refractivity contribution in [3.05, 3.63) is 71.4 Å². The van der Waals surface area contributed by atoms with Gasteiger partial charge >= 0.3 is 6.03 Å². The van der Waals surface area contributed by atoms with Crippen molar-refractivity contribution in [3.8, 4) is 5.75 Å². The van der Waals surface area contributed by atoms with Crippen LogP contribution < -0.4 is 15.4 Å². The summed E-state index contributed by atoms with van der Waals surface area (Å²) in [6.07, 6.45) is 2.49. The Morgan fingerprint density at radius 2 is 1.77 bits per heavy atom. The zero-order valence-corrected chi connectivity index (χ0v) is 15.0. The summed E-state index contributed by atoms with van der Waals surface area (Å²) in [4.78, 5) is 16.1. The van der Waals surface area contributed by atoms with Crippen molar-refractivity contribution < 1.29 is 9.53 Å². The van der Waals surface area contributed by atoms with Gasteiger partial charge in [-0.1, -0.05) is 41.9 Å². The highest BCUT2D eigenvalue weighted by Crippen LogP contribution is 2.22. The van der Waals surface area contributed by atoms with Crippen LogP contribution in [0.25, 0.3) is 10.9 Å². The molecule has 0 saturated carbocycles. The van der Waals surface area contributed by atoms with Crippen LogP contribution in [-0.4, -0.2) is 30.7 Å². The van der Waals surface area contributed by atoms with E-state index in [-0.39, 0.29) is 6.03 Å². The number of nitrogens with one attached hydrogen (secondary N) is 2. The average molecular weight is 370 g/mol. The summed E-state index contributed by atoms with van der Waals surface area (Å²) in [5.74, 6) is 0.716. The molecule has 0 radical (unpaired) electrons. The minimum atomic E-state index is -0.210. The highest BCUT2D eigenvalue weighted by atomic mass is 35.5. The summed E-state index contributed by atoms with van der Waals surface area (Å²) in [6.45, 7) is 1.35. The lowest BCUT2D eigenvalue weighted by Gasteiger charge is -2.10. The molecule has 0 aliphatic rings. The van der Waals surface area contributed by atoms with Gasteiger partial charge in [-0.25, -0.2) is 4.79 Å². The Morgan fingerprint density at radius 1 is 1.00 bits per heavy atom. The fourth-order valence-electron chi connectivity index (χ4n) is 2.55. The number of urea groups is 1. The molecular formula is C20H20ClN3O2. The number of ether oxygens (including phenoxy) is 1. The van der Waals surface area contributed by atoms with E-state index in [4.69, 9.17) is 16.3 Å². The Hall–Kier alpha value is -2.79. The number of aromatic nitrogens is 1. The Balaban J connectivity index is 1.36. The Kier molecular flexibility index (Phi) is 6.28. The molecule has 0 unspecified atom stereocenters. The molecule has 1 aromatic heterocycles. The van der Waals surface area contributed by atoms with E-state index in [2.05, 4.69) is 15.6 Å². The van der Waals surface area contributed by atoms with Gasteiger partial charge in [-0.3, -0.25) is 4.98 Å². The molecule has 0 aliphatic heterocycles. The predicted octanol–water partition coefficient (Wildman–Crippen LogP) is 3.81. The van der Waals surface area contributed by atoms with E-state index in [0.29, 0.717) is 30.5 Å². The van der Waals surface area contributed by atoms with Crippen molar-refractivity contribution >= 4 is 28.5 Å². The standard InChI is InChI=1S/C20H20ClN3O2/c21-17-8-6-15(7-9-17)10-12-23-20(25)24-13-14-26-18-5-1-3-16-4-2-11-22-19(16)18/h1-9,11H,10,12-14H2,(H2,23,24,25). The third-order valence-corrected chi connectivity index (χ3v) is 4.11. The molecule has 0 spiro atoms. The lowest BCUT2D eigenvalue weighted by Crippen LogP contribution is -2.38. The Morgan fingerprint density at radius 3 is 2.62 bits per heavy atom. The molecule has 2 N–H and O–H groups in total. The SMILES string of the molecule is O=C(NCCOc1cccc2cccnc12)NCCc1ccc(Cl)cc1. The number of fused-ring (bicyclic) bond motifs is 1. The number of hydrogen-bond donors (Lipinski definition) is 2. The van der Waals surface area contributed by atoms with Gasteiger partial charge < -0.3 is 15.4 Å². The summed E-state index contributed by atoms with van der Waals surface area (Å²) in [5, 5.41) is 7.34. The number of rotatable bonds is 7. The first-order valence-electron chi connectivity index (χ1n) is 8.45. The molecule has 0 atom stereocenters. The van der Waals surface area contributed by atoms with Crippen molar-refractivity contribution in [1.29, 1.82) is 0 Å². The van der Waals surface area contributed by atoms with Gasteiger partial charge in [0, 0.05) is 23.2 Å². The first kappa shape index (κ1) is 18.0. The van der Waals surface area contributed by atoms with Crippen LogP contribution in [0.1, 0.15) is 5.56 Å². The van der Waals surface area contributed by atoms with E-state index in [0.717, 1.165) is 22.9 Å². The van der Waals surface area contributed by atoms with E-state index in [1.54, 1.807) is 6.20 Å². The van der Waals surface area contributed by atoms with Crippen LogP contribution in [0.2, 0.25) is 5.02 Å². The minimum Gasteiger partial charge on any atom is -0.489 e. The number of pyridine rings is 1. The number of nitrogens with zero attached hydrogens (tertiary/aromatic N) is 1. The van der Waals surface area contributed by atoms with Gasteiger partial charge in [-0.15, -0.1) is 0 Å². The average Bonchev–Trinajstić information content (AvgIpc) is 2.67. The normalized spacial score (nSPS) is 10.5. The smallest absolute Gasteiger partial charge is 0.314 e. The van der Waals surface area contributed by atoms with Crippen molar-refractivity contribution in [2.24, 2.45) is 0 Å². The summed E-state index contributed by atoms with van der Waals surface area (Å²) < 4.78 is 5.74. The van der Waals surface area contributed by atoms with E-state index in [9.17, 15) is 4.79 Å². The second-order valence-electron chi connectivity index (χ2n) is 5.74. The fourth-order valence-corrected chi connectivity index (χ4v) is 2.68. The van der Waals surface area contributed by atoms with Gasteiger partial charge in [0.2, 0.25) is 0 Å². The van der Waals surface area contributed by atoms with Crippen LogP contribution in [-0.2, 0) is 6.42 Å².